The second-order valence-electron chi connectivity index (χ2n) is 5.11. The lowest BCUT2D eigenvalue weighted by Gasteiger charge is -2.22. The number of halogens is 2. The van der Waals surface area contributed by atoms with E-state index in [0.717, 1.165) is 0 Å². The van der Waals surface area contributed by atoms with E-state index in [1.54, 1.807) is 0 Å². The first-order valence-electron chi connectivity index (χ1n) is 5.76. The van der Waals surface area contributed by atoms with E-state index in [9.17, 15) is 9.50 Å². The summed E-state index contributed by atoms with van der Waals surface area (Å²) in [6.45, 7) is 2.67. The van der Waals surface area contributed by atoms with Crippen LogP contribution in [0, 0.1) is 5.82 Å². The summed E-state index contributed by atoms with van der Waals surface area (Å²) < 4.78 is 13.1. The van der Waals surface area contributed by atoms with Crippen LogP contribution < -0.4 is 0 Å². The molecule has 1 aromatic rings. The number of nitrogens with zero attached hydrogens (tertiary/aromatic N) is 1. The van der Waals surface area contributed by atoms with Crippen molar-refractivity contribution < 1.29 is 9.50 Å². The molecule has 2 rings (SSSR count). The van der Waals surface area contributed by atoms with Crippen molar-refractivity contribution in [2.75, 3.05) is 13.6 Å². The minimum atomic E-state index is -0.800. The van der Waals surface area contributed by atoms with Crippen LogP contribution in [0.2, 0.25) is 5.02 Å². The summed E-state index contributed by atoms with van der Waals surface area (Å²) in [6, 6.07) is 4.62. The topological polar surface area (TPSA) is 23.5 Å². The largest absolute Gasteiger partial charge is 0.388 e. The maximum absolute atomic E-state index is 13.1. The smallest absolute Gasteiger partial charge is 0.123 e. The Kier molecular flexibility index (Phi) is 3.43. The monoisotopic (exact) mass is 257 g/mol. The number of aliphatic hydroxyl groups is 1. The Morgan fingerprint density at radius 2 is 2.29 bits per heavy atom. The number of benzene rings is 1. The summed E-state index contributed by atoms with van der Waals surface area (Å²) in [6.07, 6.45) is 1.09. The third-order valence-electron chi connectivity index (χ3n) is 3.50. The molecule has 2 atom stereocenters. The third kappa shape index (κ3) is 2.79. The maximum atomic E-state index is 13.1. The Bertz CT molecular complexity index is 414. The Hall–Kier alpha value is -0.640. The van der Waals surface area contributed by atoms with Crippen LogP contribution in [0.15, 0.2) is 18.2 Å². The lowest BCUT2D eigenvalue weighted by atomic mass is 9.92. The molecule has 0 amide bonds. The first-order chi connectivity index (χ1) is 7.89. The number of likely N-dealkylation sites (tertiary alicyclic amines) is 1. The standard InChI is InChI=1S/C13H17ClFNO/c1-9-6-13(17,8-16(9)2)7-10-5-11(15)3-4-12(10)14/h3-5,9,17H,6-8H2,1-2H3. The fourth-order valence-electron chi connectivity index (χ4n) is 2.55. The number of hydrogen-bond donors (Lipinski definition) is 1. The van der Waals surface area contributed by atoms with Crippen LogP contribution in [0.5, 0.6) is 0 Å². The highest BCUT2D eigenvalue weighted by Crippen LogP contribution is 2.31. The van der Waals surface area contributed by atoms with Crippen molar-refractivity contribution >= 4 is 11.6 Å². The quantitative estimate of drug-likeness (QED) is 0.880. The van der Waals surface area contributed by atoms with Gasteiger partial charge in [-0.15, -0.1) is 0 Å². The molecule has 0 spiro atoms. The molecule has 1 fully saturated rings. The van der Waals surface area contributed by atoms with Gasteiger partial charge in [0, 0.05) is 24.0 Å². The van der Waals surface area contributed by atoms with E-state index in [1.165, 1.54) is 18.2 Å². The predicted molar refractivity (Wildman–Crippen MR) is 66.8 cm³/mol. The Morgan fingerprint density at radius 3 is 2.88 bits per heavy atom. The van der Waals surface area contributed by atoms with Gasteiger partial charge in [-0.25, -0.2) is 4.39 Å². The van der Waals surface area contributed by atoms with Crippen molar-refractivity contribution in [1.82, 2.24) is 4.90 Å². The lowest BCUT2D eigenvalue weighted by molar-refractivity contribution is 0.0520. The van der Waals surface area contributed by atoms with E-state index >= 15 is 0 Å². The van der Waals surface area contributed by atoms with Crippen molar-refractivity contribution in [3.63, 3.8) is 0 Å². The number of hydrogen-bond acceptors (Lipinski definition) is 2. The molecule has 2 nitrogen and oxygen atoms in total. The molecule has 94 valence electrons. The molecule has 1 saturated heterocycles. The van der Waals surface area contributed by atoms with E-state index < -0.39 is 5.60 Å². The zero-order valence-corrected chi connectivity index (χ0v) is 10.8. The van der Waals surface area contributed by atoms with Gasteiger partial charge in [-0.2, -0.15) is 0 Å². The molecule has 17 heavy (non-hydrogen) atoms. The molecule has 0 radical (unpaired) electrons. The zero-order valence-electron chi connectivity index (χ0n) is 10.1. The first kappa shape index (κ1) is 12.8. The molecule has 1 aromatic carbocycles. The predicted octanol–water partition coefficient (Wildman–Crippen LogP) is 2.48. The van der Waals surface area contributed by atoms with E-state index in [2.05, 4.69) is 11.8 Å². The number of β-amino-alcohol motifs (C(OH)–C–C–N with tert-alkyl or cyclic N) is 1. The molecule has 1 aliphatic heterocycles. The average Bonchev–Trinajstić information content (AvgIpc) is 2.47. The van der Waals surface area contributed by atoms with Gasteiger partial charge in [0.1, 0.15) is 5.82 Å². The molecule has 4 heteroatoms. The fourth-order valence-corrected chi connectivity index (χ4v) is 2.74. The SMILES string of the molecule is CC1CC(O)(Cc2cc(F)ccc2Cl)CN1C. The second kappa shape index (κ2) is 4.56. The van der Waals surface area contributed by atoms with E-state index in [4.69, 9.17) is 11.6 Å². The molecule has 0 bridgehead atoms. The molecule has 1 N–H and O–H groups in total. The van der Waals surface area contributed by atoms with E-state index in [0.29, 0.717) is 36.0 Å². The lowest BCUT2D eigenvalue weighted by Crippen LogP contribution is -2.34. The van der Waals surface area contributed by atoms with Gasteiger partial charge < -0.3 is 10.0 Å². The van der Waals surface area contributed by atoms with Crippen molar-refractivity contribution in [3.8, 4) is 0 Å². The summed E-state index contributed by atoms with van der Waals surface area (Å²) in [5.41, 5.74) is -0.123. The highest BCUT2D eigenvalue weighted by Gasteiger charge is 2.39. The van der Waals surface area contributed by atoms with E-state index in [-0.39, 0.29) is 5.82 Å². The van der Waals surface area contributed by atoms with Crippen molar-refractivity contribution in [2.24, 2.45) is 0 Å². The first-order valence-corrected chi connectivity index (χ1v) is 6.14. The highest BCUT2D eigenvalue weighted by molar-refractivity contribution is 6.31. The van der Waals surface area contributed by atoms with Crippen molar-refractivity contribution in [3.05, 3.63) is 34.6 Å². The molecule has 0 saturated carbocycles. The van der Waals surface area contributed by atoms with Gasteiger partial charge in [-0.1, -0.05) is 11.6 Å². The molecule has 1 heterocycles. The Morgan fingerprint density at radius 1 is 1.59 bits per heavy atom. The van der Waals surface area contributed by atoms with Gasteiger partial charge >= 0.3 is 0 Å². The summed E-state index contributed by atoms with van der Waals surface area (Å²) >= 11 is 6.02. The highest BCUT2D eigenvalue weighted by atomic mass is 35.5. The van der Waals surface area contributed by atoms with Crippen LogP contribution in [-0.2, 0) is 6.42 Å². The van der Waals surface area contributed by atoms with Crippen LogP contribution in [0.25, 0.3) is 0 Å². The molecule has 1 aliphatic rings. The van der Waals surface area contributed by atoms with Gasteiger partial charge in [-0.05, 0) is 44.2 Å². The fraction of sp³-hybridized carbons (Fsp3) is 0.538. The van der Waals surface area contributed by atoms with Gasteiger partial charge in [0.15, 0.2) is 0 Å². The number of rotatable bonds is 2. The Balaban J connectivity index is 2.18. The third-order valence-corrected chi connectivity index (χ3v) is 3.87. The molecule has 0 aromatic heterocycles. The summed E-state index contributed by atoms with van der Waals surface area (Å²) in [4.78, 5) is 2.10. The second-order valence-corrected chi connectivity index (χ2v) is 5.51. The van der Waals surface area contributed by atoms with Crippen LogP contribution in [0.1, 0.15) is 18.9 Å². The molecule has 0 aliphatic carbocycles. The zero-order chi connectivity index (χ0) is 12.6. The van der Waals surface area contributed by atoms with Crippen LogP contribution in [0.4, 0.5) is 4.39 Å². The molecule has 2 unspecified atom stereocenters. The van der Waals surface area contributed by atoms with Crippen molar-refractivity contribution in [1.29, 1.82) is 0 Å². The van der Waals surface area contributed by atoms with Gasteiger partial charge in [0.25, 0.3) is 0 Å². The van der Waals surface area contributed by atoms with Crippen LogP contribution >= 0.6 is 11.6 Å². The van der Waals surface area contributed by atoms with Crippen LogP contribution in [0.3, 0.4) is 0 Å². The van der Waals surface area contributed by atoms with Crippen molar-refractivity contribution in [2.45, 2.75) is 31.4 Å². The average molecular weight is 258 g/mol. The minimum Gasteiger partial charge on any atom is -0.388 e. The number of likely N-dealkylation sites (N-methyl/N-ethyl adjacent to an activating group) is 1. The van der Waals surface area contributed by atoms with Crippen LogP contribution in [-0.4, -0.2) is 35.2 Å². The summed E-state index contributed by atoms with van der Waals surface area (Å²) in [7, 11) is 1.98. The molecular weight excluding hydrogens is 241 g/mol. The normalized spacial score (nSPS) is 29.8. The summed E-state index contributed by atoms with van der Waals surface area (Å²) in [5, 5.41) is 11.0. The summed E-state index contributed by atoms with van der Waals surface area (Å²) in [5.74, 6) is -0.313. The maximum Gasteiger partial charge on any atom is 0.123 e. The molecular formula is C13H17ClFNO. The van der Waals surface area contributed by atoms with Gasteiger partial charge in [-0.3, -0.25) is 0 Å². The minimum absolute atomic E-state index is 0.313. The van der Waals surface area contributed by atoms with Gasteiger partial charge in [0.2, 0.25) is 0 Å². The van der Waals surface area contributed by atoms with Gasteiger partial charge in [0.05, 0.1) is 5.60 Å². The van der Waals surface area contributed by atoms with E-state index in [1.807, 2.05) is 7.05 Å². The Labute approximate surface area is 106 Å².